The van der Waals surface area contributed by atoms with E-state index >= 15 is 0 Å². The lowest BCUT2D eigenvalue weighted by Crippen LogP contribution is -2.36. The number of nitrogens with one attached hydrogen (secondary N) is 1. The first-order valence-electron chi connectivity index (χ1n) is 7.43. The van der Waals surface area contributed by atoms with Crippen LogP contribution in [-0.2, 0) is 18.4 Å². The van der Waals surface area contributed by atoms with Crippen molar-refractivity contribution in [2.45, 2.75) is 58.4 Å². The molecule has 1 N–H and O–H groups in total. The molecule has 0 amide bonds. The molecule has 1 saturated carbocycles. The summed E-state index contributed by atoms with van der Waals surface area (Å²) in [5.41, 5.74) is 5.81. The minimum absolute atomic E-state index is 0.378. The molecule has 1 fully saturated rings. The van der Waals surface area contributed by atoms with Crippen molar-refractivity contribution in [1.82, 2.24) is 5.32 Å². The van der Waals surface area contributed by atoms with Gasteiger partial charge in [-0.2, -0.15) is 0 Å². The van der Waals surface area contributed by atoms with E-state index in [0.29, 0.717) is 10.8 Å². The van der Waals surface area contributed by atoms with Crippen LogP contribution in [0, 0.1) is 5.41 Å². The van der Waals surface area contributed by atoms with Crippen LogP contribution in [0.4, 0.5) is 0 Å². The maximum absolute atomic E-state index is 3.48. The third kappa shape index (κ3) is 1.64. The number of hydrogen-bond donors (Lipinski definition) is 1. The molecule has 18 heavy (non-hydrogen) atoms. The second-order valence-electron chi connectivity index (χ2n) is 6.63. The van der Waals surface area contributed by atoms with E-state index in [1.165, 1.54) is 31.2 Å². The van der Waals surface area contributed by atoms with E-state index in [9.17, 15) is 0 Å². The maximum Gasteiger partial charge on any atom is 0.0208 e. The fourth-order valence-corrected chi connectivity index (χ4v) is 3.93. The van der Waals surface area contributed by atoms with Crippen molar-refractivity contribution in [2.24, 2.45) is 5.41 Å². The Morgan fingerprint density at radius 3 is 2.61 bits per heavy atom. The Bertz CT molecular complexity index is 455. The lowest BCUT2D eigenvalue weighted by molar-refractivity contribution is 0.251. The predicted molar refractivity (Wildman–Crippen MR) is 76.8 cm³/mol. The van der Waals surface area contributed by atoms with Crippen molar-refractivity contribution in [3.8, 4) is 0 Å². The van der Waals surface area contributed by atoms with Gasteiger partial charge in [-0.3, -0.25) is 0 Å². The van der Waals surface area contributed by atoms with E-state index in [0.717, 1.165) is 13.1 Å². The Kier molecular flexibility index (Phi) is 2.78. The molecule has 1 spiro atoms. The normalized spacial score (nSPS) is 22.8. The van der Waals surface area contributed by atoms with Gasteiger partial charge in [0.2, 0.25) is 0 Å². The van der Waals surface area contributed by atoms with Crippen LogP contribution in [0.5, 0.6) is 0 Å². The van der Waals surface area contributed by atoms with Gasteiger partial charge in [-0.25, -0.2) is 0 Å². The highest BCUT2D eigenvalue weighted by Gasteiger charge is 2.56. The van der Waals surface area contributed by atoms with E-state index in [-0.39, 0.29) is 0 Å². The van der Waals surface area contributed by atoms with Gasteiger partial charge >= 0.3 is 0 Å². The fourth-order valence-electron chi connectivity index (χ4n) is 3.93. The van der Waals surface area contributed by atoms with E-state index < -0.39 is 0 Å². The van der Waals surface area contributed by atoms with Crippen molar-refractivity contribution in [1.29, 1.82) is 0 Å². The molecule has 2 aliphatic rings. The summed E-state index contributed by atoms with van der Waals surface area (Å²) in [6.07, 6.45) is 5.57. The van der Waals surface area contributed by atoms with E-state index in [1.54, 1.807) is 11.1 Å². The molecule has 3 rings (SSSR count). The molecule has 0 bridgehead atoms. The van der Waals surface area contributed by atoms with Gasteiger partial charge in [-0.05, 0) is 59.7 Å². The molecular weight excluding hydrogens is 218 g/mol. The van der Waals surface area contributed by atoms with Crippen molar-refractivity contribution < 1.29 is 0 Å². The van der Waals surface area contributed by atoms with Crippen LogP contribution in [-0.4, -0.2) is 6.54 Å². The summed E-state index contributed by atoms with van der Waals surface area (Å²) >= 11 is 0. The first kappa shape index (κ1) is 12.2. The van der Waals surface area contributed by atoms with Crippen LogP contribution in [0.2, 0.25) is 0 Å². The molecule has 0 unspecified atom stereocenters. The van der Waals surface area contributed by atoms with Crippen molar-refractivity contribution in [3.63, 3.8) is 0 Å². The summed E-state index contributed by atoms with van der Waals surface area (Å²) in [5, 5.41) is 3.48. The van der Waals surface area contributed by atoms with Crippen LogP contribution in [0.15, 0.2) is 18.2 Å². The summed E-state index contributed by atoms with van der Waals surface area (Å²) in [7, 11) is 0. The van der Waals surface area contributed by atoms with Crippen LogP contribution >= 0.6 is 0 Å². The molecule has 0 heterocycles. The van der Waals surface area contributed by atoms with E-state index in [2.05, 4.69) is 44.3 Å². The Hall–Kier alpha value is -0.820. The largest absolute Gasteiger partial charge is 0.313 e. The molecule has 1 heteroatoms. The van der Waals surface area contributed by atoms with Crippen LogP contribution in [0.3, 0.4) is 0 Å². The van der Waals surface area contributed by atoms with Gasteiger partial charge in [-0.1, -0.05) is 39.0 Å². The number of benzene rings is 1. The lowest BCUT2D eigenvalue weighted by Gasteiger charge is -2.42. The van der Waals surface area contributed by atoms with Crippen LogP contribution in [0.1, 0.15) is 56.7 Å². The van der Waals surface area contributed by atoms with E-state index in [1.807, 2.05) is 0 Å². The summed E-state index contributed by atoms with van der Waals surface area (Å²) in [4.78, 5) is 0. The van der Waals surface area contributed by atoms with Gasteiger partial charge in [0.15, 0.2) is 0 Å². The molecule has 0 aromatic heterocycles. The Labute approximate surface area is 111 Å². The van der Waals surface area contributed by atoms with E-state index in [4.69, 9.17) is 0 Å². The Morgan fingerprint density at radius 1 is 1.17 bits per heavy atom. The monoisotopic (exact) mass is 243 g/mol. The molecule has 0 atom stereocenters. The van der Waals surface area contributed by atoms with Gasteiger partial charge in [-0.15, -0.1) is 0 Å². The van der Waals surface area contributed by atoms with Gasteiger partial charge in [0, 0.05) is 6.54 Å². The highest BCUT2D eigenvalue weighted by molar-refractivity contribution is 5.45. The van der Waals surface area contributed by atoms with Crippen LogP contribution in [0.25, 0.3) is 0 Å². The average molecular weight is 243 g/mol. The minimum Gasteiger partial charge on any atom is -0.313 e. The molecule has 0 radical (unpaired) electrons. The predicted octanol–water partition coefficient (Wildman–Crippen LogP) is 3.80. The van der Waals surface area contributed by atoms with Gasteiger partial charge in [0.25, 0.3) is 0 Å². The minimum atomic E-state index is 0.378. The van der Waals surface area contributed by atoms with Crippen molar-refractivity contribution in [2.75, 3.05) is 6.54 Å². The first-order chi connectivity index (χ1) is 8.61. The average Bonchev–Trinajstić information content (AvgIpc) is 3.14. The molecule has 1 nitrogen and oxygen atoms in total. The quantitative estimate of drug-likeness (QED) is 0.851. The third-order valence-corrected chi connectivity index (χ3v) is 5.54. The maximum atomic E-state index is 3.48. The van der Waals surface area contributed by atoms with Gasteiger partial charge in [0.05, 0.1) is 0 Å². The number of rotatable bonds is 3. The molecular formula is C17H25N. The van der Waals surface area contributed by atoms with Crippen LogP contribution < -0.4 is 5.32 Å². The molecule has 1 aromatic carbocycles. The van der Waals surface area contributed by atoms with Crippen molar-refractivity contribution in [3.05, 3.63) is 34.9 Å². The molecule has 98 valence electrons. The second-order valence-corrected chi connectivity index (χ2v) is 6.63. The smallest absolute Gasteiger partial charge is 0.0208 e. The second kappa shape index (κ2) is 4.09. The fraction of sp³-hybridized carbons (Fsp3) is 0.647. The zero-order chi connectivity index (χ0) is 12.8. The highest BCUT2D eigenvalue weighted by Crippen LogP contribution is 2.64. The first-order valence-corrected chi connectivity index (χ1v) is 7.43. The molecule has 0 saturated heterocycles. The number of fused-ring (bicyclic) bond motifs is 1. The Balaban J connectivity index is 2.00. The molecule has 2 aliphatic carbocycles. The highest BCUT2D eigenvalue weighted by atomic mass is 14.8. The summed E-state index contributed by atoms with van der Waals surface area (Å²) in [6.45, 7) is 9.20. The van der Waals surface area contributed by atoms with Gasteiger partial charge < -0.3 is 5.32 Å². The zero-order valence-electron chi connectivity index (χ0n) is 12.0. The summed E-state index contributed by atoms with van der Waals surface area (Å²) < 4.78 is 0. The SMILES string of the molecule is CCNCc1cccc2c1CCC1(CC1)C2(C)C. The Morgan fingerprint density at radius 2 is 1.94 bits per heavy atom. The third-order valence-electron chi connectivity index (χ3n) is 5.54. The number of hydrogen-bond acceptors (Lipinski definition) is 1. The molecule has 1 aromatic rings. The van der Waals surface area contributed by atoms with Crippen molar-refractivity contribution >= 4 is 0 Å². The summed E-state index contributed by atoms with van der Waals surface area (Å²) in [5.74, 6) is 0. The summed E-state index contributed by atoms with van der Waals surface area (Å²) in [6, 6.07) is 6.95. The van der Waals surface area contributed by atoms with Gasteiger partial charge in [0.1, 0.15) is 0 Å². The zero-order valence-corrected chi connectivity index (χ0v) is 12.0. The standard InChI is InChI=1S/C17H25N/c1-4-18-12-13-6-5-7-15-14(13)8-9-17(10-11-17)16(15,2)3/h5-7,18H,4,8-12H2,1-3H3. The molecule has 0 aliphatic heterocycles. The lowest BCUT2D eigenvalue weighted by atomic mass is 9.62. The topological polar surface area (TPSA) is 12.0 Å².